The van der Waals surface area contributed by atoms with Crippen LogP contribution in [0.2, 0.25) is 0 Å². The van der Waals surface area contributed by atoms with Crippen LogP contribution in [0.4, 0.5) is 0 Å². The molecule has 0 fully saturated rings. The summed E-state index contributed by atoms with van der Waals surface area (Å²) in [4.78, 5) is 0. The maximum absolute atomic E-state index is 8.11. The van der Waals surface area contributed by atoms with E-state index < -0.39 is 6.23 Å². The average molecular weight is 87.1 g/mol. The van der Waals surface area contributed by atoms with Gasteiger partial charge >= 0.3 is 0 Å². The number of aliphatic hydroxyl groups excluding tert-OH is 1. The summed E-state index contributed by atoms with van der Waals surface area (Å²) in [6, 6.07) is 0. The van der Waals surface area contributed by atoms with Crippen LogP contribution in [-0.2, 0) is 0 Å². The Labute approximate surface area is 38.0 Å². The van der Waals surface area contributed by atoms with Gasteiger partial charge in [-0.25, -0.2) is 0 Å². The van der Waals surface area contributed by atoms with Crippen LogP contribution in [0, 0.1) is 0 Å². The van der Waals surface area contributed by atoms with Crippen LogP contribution in [0.15, 0.2) is 0 Å². The summed E-state index contributed by atoms with van der Waals surface area (Å²) in [7, 11) is 0. The molecule has 0 spiro atoms. The molecule has 1 N–H and O–H groups in total. The second-order valence-corrected chi connectivity index (χ2v) is 1.27. The van der Waals surface area contributed by atoms with Gasteiger partial charge in [0, 0.05) is 0 Å². The zero-order valence-electron chi connectivity index (χ0n) is 3.89. The quantitative estimate of drug-likeness (QED) is 0.512. The predicted octanol–water partition coefficient (Wildman–Crippen LogP) is 0.174. The molecule has 0 heterocycles. The van der Waals surface area contributed by atoms with E-state index in [2.05, 4.69) is 0 Å². The van der Waals surface area contributed by atoms with Gasteiger partial charge in [0.2, 0.25) is 0 Å². The SMILES string of the molecule is CCCC([N])O. The molecule has 0 aromatic rings. The molecule has 0 amide bonds. The van der Waals surface area contributed by atoms with Gasteiger partial charge in [0.05, 0.1) is 0 Å². The molecule has 2 heteroatoms. The summed E-state index contributed by atoms with van der Waals surface area (Å²) in [5.74, 6) is 0. The van der Waals surface area contributed by atoms with Crippen LogP contribution >= 0.6 is 0 Å². The molecule has 0 aliphatic rings. The van der Waals surface area contributed by atoms with Crippen LogP contribution < -0.4 is 5.73 Å². The smallest absolute Gasteiger partial charge is 0.138 e. The van der Waals surface area contributed by atoms with Crippen molar-refractivity contribution in [3.63, 3.8) is 0 Å². The van der Waals surface area contributed by atoms with Crippen molar-refractivity contribution in [2.24, 2.45) is 0 Å². The molecule has 0 aromatic carbocycles. The molecular weight excluding hydrogens is 78.0 g/mol. The number of rotatable bonds is 2. The first-order valence-corrected chi connectivity index (χ1v) is 2.13. The van der Waals surface area contributed by atoms with E-state index in [9.17, 15) is 0 Å². The fourth-order valence-corrected chi connectivity index (χ4v) is 0.258. The molecule has 0 saturated carbocycles. The van der Waals surface area contributed by atoms with Crippen LogP contribution in [0.1, 0.15) is 19.8 Å². The second-order valence-electron chi connectivity index (χ2n) is 1.27. The molecule has 36 valence electrons. The van der Waals surface area contributed by atoms with Crippen LogP contribution in [0.5, 0.6) is 0 Å². The highest BCUT2D eigenvalue weighted by molar-refractivity contribution is 4.37. The Bertz CT molecular complexity index is 28.7. The van der Waals surface area contributed by atoms with Crippen LogP contribution in [0.3, 0.4) is 0 Å². The standard InChI is InChI=1S/C4H9NO/c1-2-3-4(5)6/h4,6H,2-3H2,1H3. The molecule has 0 saturated heterocycles. The van der Waals surface area contributed by atoms with Crippen molar-refractivity contribution in [2.45, 2.75) is 26.0 Å². The van der Waals surface area contributed by atoms with Crippen molar-refractivity contribution in [1.29, 1.82) is 0 Å². The Morgan fingerprint density at radius 3 is 2.33 bits per heavy atom. The zero-order valence-corrected chi connectivity index (χ0v) is 3.89. The number of nitrogens with zero attached hydrogens (tertiary/aromatic N) is 1. The zero-order chi connectivity index (χ0) is 4.99. The molecule has 0 aliphatic heterocycles. The van der Waals surface area contributed by atoms with Gasteiger partial charge in [-0.05, 0) is 6.42 Å². The van der Waals surface area contributed by atoms with Gasteiger partial charge in [-0.3, -0.25) is 0 Å². The Hall–Kier alpha value is -0.0800. The molecule has 1 unspecified atom stereocenters. The average Bonchev–Trinajstić information content (AvgIpc) is 1.35. The van der Waals surface area contributed by atoms with Gasteiger partial charge in [0.25, 0.3) is 0 Å². The van der Waals surface area contributed by atoms with Gasteiger partial charge in [0.15, 0.2) is 0 Å². The van der Waals surface area contributed by atoms with Crippen molar-refractivity contribution in [1.82, 2.24) is 5.73 Å². The summed E-state index contributed by atoms with van der Waals surface area (Å²) < 4.78 is 0. The van der Waals surface area contributed by atoms with E-state index in [1.165, 1.54) is 0 Å². The van der Waals surface area contributed by atoms with E-state index in [0.29, 0.717) is 6.42 Å². The number of hydrogen-bond acceptors (Lipinski definition) is 1. The third kappa shape index (κ3) is 3.92. The van der Waals surface area contributed by atoms with E-state index in [1.54, 1.807) is 0 Å². The summed E-state index contributed by atoms with van der Waals surface area (Å²) in [6.45, 7) is 1.90. The minimum atomic E-state index is -1.10. The molecule has 2 radical (unpaired) electrons. The molecular formula is C4H9NO. The maximum atomic E-state index is 8.11. The monoisotopic (exact) mass is 87.1 g/mol. The lowest BCUT2D eigenvalue weighted by Gasteiger charge is -1.92. The van der Waals surface area contributed by atoms with Crippen LogP contribution in [0.25, 0.3) is 0 Å². The Balaban J connectivity index is 2.63. The fourth-order valence-electron chi connectivity index (χ4n) is 0.258. The van der Waals surface area contributed by atoms with Gasteiger partial charge in [-0.1, -0.05) is 13.3 Å². The largest absolute Gasteiger partial charge is 0.376 e. The number of aliphatic hydroxyl groups is 1. The first-order valence-electron chi connectivity index (χ1n) is 2.13. The highest BCUT2D eigenvalue weighted by Gasteiger charge is 1.90. The van der Waals surface area contributed by atoms with E-state index in [4.69, 9.17) is 10.8 Å². The van der Waals surface area contributed by atoms with Crippen molar-refractivity contribution >= 4 is 0 Å². The minimum absolute atomic E-state index is 0.486. The van der Waals surface area contributed by atoms with Gasteiger partial charge < -0.3 is 5.11 Å². The summed E-state index contributed by atoms with van der Waals surface area (Å²) >= 11 is 0. The molecule has 0 bridgehead atoms. The highest BCUT2D eigenvalue weighted by Crippen LogP contribution is 1.87. The van der Waals surface area contributed by atoms with Gasteiger partial charge in [-0.15, -0.1) is 5.73 Å². The number of hydrogen-bond donors (Lipinski definition) is 1. The van der Waals surface area contributed by atoms with E-state index in [-0.39, 0.29) is 0 Å². The fraction of sp³-hybridized carbons (Fsp3) is 1.00. The molecule has 0 aliphatic carbocycles. The van der Waals surface area contributed by atoms with Crippen LogP contribution in [-0.4, -0.2) is 11.3 Å². The van der Waals surface area contributed by atoms with Crippen molar-refractivity contribution in [2.75, 3.05) is 0 Å². The third-order valence-electron chi connectivity index (χ3n) is 0.547. The van der Waals surface area contributed by atoms with Gasteiger partial charge in [-0.2, -0.15) is 0 Å². The summed E-state index contributed by atoms with van der Waals surface area (Å²) in [5.41, 5.74) is 8.11. The summed E-state index contributed by atoms with van der Waals surface area (Å²) in [5, 5.41) is 8.11. The Morgan fingerprint density at radius 2 is 2.33 bits per heavy atom. The lowest BCUT2D eigenvalue weighted by Crippen LogP contribution is -2.04. The molecule has 1 atom stereocenters. The van der Waals surface area contributed by atoms with Crippen molar-refractivity contribution < 1.29 is 5.11 Å². The highest BCUT2D eigenvalue weighted by atomic mass is 16.3. The van der Waals surface area contributed by atoms with E-state index in [1.807, 2.05) is 6.92 Å². The lowest BCUT2D eigenvalue weighted by atomic mass is 10.3. The normalized spacial score (nSPS) is 14.5. The topological polar surface area (TPSA) is 42.5 Å². The van der Waals surface area contributed by atoms with Gasteiger partial charge in [0.1, 0.15) is 6.23 Å². The first kappa shape index (κ1) is 5.92. The van der Waals surface area contributed by atoms with E-state index in [0.717, 1.165) is 6.42 Å². The predicted molar refractivity (Wildman–Crippen MR) is 23.0 cm³/mol. The maximum Gasteiger partial charge on any atom is 0.138 e. The molecule has 0 rings (SSSR count). The third-order valence-corrected chi connectivity index (χ3v) is 0.547. The lowest BCUT2D eigenvalue weighted by molar-refractivity contribution is 0.163. The second kappa shape index (κ2) is 3.12. The van der Waals surface area contributed by atoms with Crippen molar-refractivity contribution in [3.8, 4) is 0 Å². The summed E-state index contributed by atoms with van der Waals surface area (Å²) in [6.07, 6.45) is 0.215. The molecule has 6 heavy (non-hydrogen) atoms. The van der Waals surface area contributed by atoms with Crippen molar-refractivity contribution in [3.05, 3.63) is 0 Å². The Kier molecular flexibility index (Phi) is 3.08. The Morgan fingerprint density at radius 1 is 1.83 bits per heavy atom. The van der Waals surface area contributed by atoms with E-state index >= 15 is 0 Å². The minimum Gasteiger partial charge on any atom is -0.376 e. The molecule has 2 nitrogen and oxygen atoms in total. The first-order chi connectivity index (χ1) is 2.77. The molecule has 0 aromatic heterocycles.